The van der Waals surface area contributed by atoms with Crippen molar-refractivity contribution in [3.63, 3.8) is 0 Å². The first-order chi connectivity index (χ1) is 6.40. The SMILES string of the molecule is COC(=O)CN(C)C(=O)C(Br)C(C)C. The van der Waals surface area contributed by atoms with Gasteiger partial charge in [-0.25, -0.2) is 0 Å². The van der Waals surface area contributed by atoms with Gasteiger partial charge < -0.3 is 9.64 Å². The van der Waals surface area contributed by atoms with Gasteiger partial charge in [-0.15, -0.1) is 0 Å². The molecule has 0 spiro atoms. The molecule has 5 heteroatoms. The van der Waals surface area contributed by atoms with Gasteiger partial charge in [0.2, 0.25) is 5.91 Å². The highest BCUT2D eigenvalue weighted by Gasteiger charge is 2.23. The standard InChI is InChI=1S/C9H16BrNO3/c1-6(2)8(10)9(13)11(3)5-7(12)14-4/h6,8H,5H2,1-4H3. The van der Waals surface area contributed by atoms with Gasteiger partial charge in [0.1, 0.15) is 6.54 Å². The quantitative estimate of drug-likeness (QED) is 0.564. The molecule has 14 heavy (non-hydrogen) atoms. The zero-order valence-electron chi connectivity index (χ0n) is 8.91. The van der Waals surface area contributed by atoms with Crippen molar-refractivity contribution in [2.24, 2.45) is 5.92 Å². The van der Waals surface area contributed by atoms with Crippen LogP contribution in [0.25, 0.3) is 0 Å². The Bertz CT molecular complexity index is 218. The molecule has 0 bridgehead atoms. The molecule has 0 aliphatic heterocycles. The molecular formula is C9H16BrNO3. The number of halogens is 1. The molecule has 1 amide bonds. The van der Waals surface area contributed by atoms with Crippen LogP contribution >= 0.6 is 15.9 Å². The maximum Gasteiger partial charge on any atom is 0.325 e. The molecule has 4 nitrogen and oxygen atoms in total. The summed E-state index contributed by atoms with van der Waals surface area (Å²) in [5.41, 5.74) is 0. The predicted octanol–water partition coefficient (Wildman–Crippen LogP) is 1.04. The van der Waals surface area contributed by atoms with E-state index >= 15 is 0 Å². The van der Waals surface area contributed by atoms with Crippen molar-refractivity contribution in [1.29, 1.82) is 0 Å². The lowest BCUT2D eigenvalue weighted by Gasteiger charge is -2.21. The summed E-state index contributed by atoms with van der Waals surface area (Å²) in [4.78, 5) is 23.6. The molecule has 0 aliphatic carbocycles. The van der Waals surface area contributed by atoms with E-state index in [2.05, 4.69) is 20.7 Å². The molecule has 0 fully saturated rings. The Morgan fingerprint density at radius 3 is 2.29 bits per heavy atom. The predicted molar refractivity (Wildman–Crippen MR) is 57.2 cm³/mol. The maximum atomic E-state index is 11.6. The Hall–Kier alpha value is -0.580. The lowest BCUT2D eigenvalue weighted by Crippen LogP contribution is -2.39. The molecule has 1 unspecified atom stereocenters. The molecule has 0 aromatic carbocycles. The fourth-order valence-electron chi connectivity index (χ4n) is 0.832. The Balaban J connectivity index is 4.18. The molecule has 0 saturated heterocycles. The summed E-state index contributed by atoms with van der Waals surface area (Å²) in [7, 11) is 2.88. The van der Waals surface area contributed by atoms with Crippen molar-refractivity contribution < 1.29 is 14.3 Å². The van der Waals surface area contributed by atoms with E-state index in [1.165, 1.54) is 12.0 Å². The van der Waals surface area contributed by atoms with Gasteiger partial charge in [-0.2, -0.15) is 0 Å². The molecule has 0 radical (unpaired) electrons. The highest BCUT2D eigenvalue weighted by molar-refractivity contribution is 9.10. The first-order valence-electron chi connectivity index (χ1n) is 4.36. The molecule has 0 N–H and O–H groups in total. The summed E-state index contributed by atoms with van der Waals surface area (Å²) in [6.07, 6.45) is 0. The smallest absolute Gasteiger partial charge is 0.325 e. The van der Waals surface area contributed by atoms with Crippen LogP contribution in [0.3, 0.4) is 0 Å². The fourth-order valence-corrected chi connectivity index (χ4v) is 1.18. The third-order valence-corrected chi connectivity index (χ3v) is 3.24. The Labute approximate surface area is 92.7 Å². The number of rotatable bonds is 4. The van der Waals surface area contributed by atoms with Crippen molar-refractivity contribution in [2.75, 3.05) is 20.7 Å². The highest BCUT2D eigenvalue weighted by atomic mass is 79.9. The van der Waals surface area contributed by atoms with Crippen LogP contribution in [-0.4, -0.2) is 42.3 Å². The van der Waals surface area contributed by atoms with Crippen LogP contribution in [0.5, 0.6) is 0 Å². The minimum atomic E-state index is -0.413. The minimum Gasteiger partial charge on any atom is -0.468 e. The van der Waals surface area contributed by atoms with Gasteiger partial charge in [-0.05, 0) is 5.92 Å². The average molecular weight is 266 g/mol. The van der Waals surface area contributed by atoms with Crippen molar-refractivity contribution in [1.82, 2.24) is 4.90 Å². The summed E-state index contributed by atoms with van der Waals surface area (Å²) in [5.74, 6) is -0.322. The number of alkyl halides is 1. The number of likely N-dealkylation sites (N-methyl/N-ethyl adjacent to an activating group) is 1. The second kappa shape index (κ2) is 6.01. The van der Waals surface area contributed by atoms with Crippen LogP contribution in [0.1, 0.15) is 13.8 Å². The van der Waals surface area contributed by atoms with Gasteiger partial charge in [0.15, 0.2) is 0 Å². The average Bonchev–Trinajstić information content (AvgIpc) is 2.14. The summed E-state index contributed by atoms with van der Waals surface area (Å²) in [5, 5.41) is 0. The normalized spacial score (nSPS) is 12.4. The number of carbonyl (C=O) groups excluding carboxylic acids is 2. The number of methoxy groups -OCH3 is 1. The van der Waals surface area contributed by atoms with Crippen LogP contribution in [0.2, 0.25) is 0 Å². The van der Waals surface area contributed by atoms with Gasteiger partial charge >= 0.3 is 5.97 Å². The molecule has 0 aromatic heterocycles. The number of esters is 1. The van der Waals surface area contributed by atoms with E-state index in [9.17, 15) is 9.59 Å². The molecule has 0 aromatic rings. The molecule has 1 atom stereocenters. The van der Waals surface area contributed by atoms with E-state index in [0.29, 0.717) is 0 Å². The van der Waals surface area contributed by atoms with Crippen molar-refractivity contribution >= 4 is 27.8 Å². The number of carbonyl (C=O) groups is 2. The largest absolute Gasteiger partial charge is 0.468 e. The number of hydrogen-bond donors (Lipinski definition) is 0. The summed E-state index contributed by atoms with van der Waals surface area (Å²) < 4.78 is 4.46. The lowest BCUT2D eigenvalue weighted by atomic mass is 10.1. The van der Waals surface area contributed by atoms with E-state index in [4.69, 9.17) is 0 Å². The first kappa shape index (κ1) is 13.4. The Kier molecular flexibility index (Phi) is 5.76. The Morgan fingerprint density at radius 2 is 1.93 bits per heavy atom. The Morgan fingerprint density at radius 1 is 1.43 bits per heavy atom. The highest BCUT2D eigenvalue weighted by Crippen LogP contribution is 2.14. The first-order valence-corrected chi connectivity index (χ1v) is 5.27. The molecule has 82 valence electrons. The molecule has 0 rings (SSSR count). The van der Waals surface area contributed by atoms with Gasteiger partial charge in [-0.1, -0.05) is 29.8 Å². The zero-order chi connectivity index (χ0) is 11.3. The minimum absolute atomic E-state index is 0.00977. The van der Waals surface area contributed by atoms with Crippen LogP contribution in [0.15, 0.2) is 0 Å². The van der Waals surface area contributed by atoms with E-state index < -0.39 is 5.97 Å². The van der Waals surface area contributed by atoms with Crippen molar-refractivity contribution in [3.8, 4) is 0 Å². The number of hydrogen-bond acceptors (Lipinski definition) is 3. The van der Waals surface area contributed by atoms with Crippen LogP contribution < -0.4 is 0 Å². The number of nitrogens with zero attached hydrogens (tertiary/aromatic N) is 1. The van der Waals surface area contributed by atoms with Crippen molar-refractivity contribution in [2.45, 2.75) is 18.7 Å². The van der Waals surface area contributed by atoms with Crippen LogP contribution in [0, 0.1) is 5.92 Å². The van der Waals surface area contributed by atoms with E-state index in [0.717, 1.165) is 0 Å². The number of amides is 1. The third-order valence-electron chi connectivity index (χ3n) is 1.79. The lowest BCUT2D eigenvalue weighted by molar-refractivity contribution is -0.146. The van der Waals surface area contributed by atoms with Crippen LogP contribution in [0.4, 0.5) is 0 Å². The molecule has 0 saturated carbocycles. The topological polar surface area (TPSA) is 46.6 Å². The second-order valence-electron chi connectivity index (χ2n) is 3.42. The van der Waals surface area contributed by atoms with Gasteiger partial charge in [0.25, 0.3) is 0 Å². The van der Waals surface area contributed by atoms with E-state index in [1.807, 2.05) is 13.8 Å². The van der Waals surface area contributed by atoms with Gasteiger partial charge in [0, 0.05) is 7.05 Å². The maximum absolute atomic E-state index is 11.6. The molecular weight excluding hydrogens is 250 g/mol. The van der Waals surface area contributed by atoms with Gasteiger partial charge in [0.05, 0.1) is 11.9 Å². The zero-order valence-corrected chi connectivity index (χ0v) is 10.5. The summed E-state index contributed by atoms with van der Waals surface area (Å²) >= 11 is 3.28. The van der Waals surface area contributed by atoms with Crippen LogP contribution in [-0.2, 0) is 14.3 Å². The van der Waals surface area contributed by atoms with Crippen molar-refractivity contribution in [3.05, 3.63) is 0 Å². The summed E-state index contributed by atoms with van der Waals surface area (Å²) in [6.45, 7) is 3.86. The third kappa shape index (κ3) is 4.09. The second-order valence-corrected chi connectivity index (χ2v) is 4.40. The van der Waals surface area contributed by atoms with E-state index in [1.54, 1.807) is 7.05 Å². The molecule has 0 heterocycles. The molecule has 0 aliphatic rings. The summed E-state index contributed by atoms with van der Waals surface area (Å²) in [6, 6.07) is 0. The monoisotopic (exact) mass is 265 g/mol. The number of ether oxygens (including phenoxy) is 1. The fraction of sp³-hybridized carbons (Fsp3) is 0.778. The van der Waals surface area contributed by atoms with E-state index in [-0.39, 0.29) is 23.2 Å². The van der Waals surface area contributed by atoms with Gasteiger partial charge in [-0.3, -0.25) is 9.59 Å².